The quantitative estimate of drug-likeness (QED) is 0.854. The molecule has 1 aromatic carbocycles. The fraction of sp³-hybridized carbons (Fsp3) is 0.357. The third kappa shape index (κ3) is 1.89. The highest BCUT2D eigenvalue weighted by Crippen LogP contribution is 2.32. The molecule has 18 heavy (non-hydrogen) atoms. The second-order valence-electron chi connectivity index (χ2n) is 4.97. The first-order chi connectivity index (χ1) is 8.65. The van der Waals surface area contributed by atoms with Crippen LogP contribution in [0.15, 0.2) is 24.3 Å². The summed E-state index contributed by atoms with van der Waals surface area (Å²) in [5.74, 6) is 1.77. The van der Waals surface area contributed by atoms with Crippen LogP contribution in [-0.2, 0) is 13.0 Å². The Kier molecular flexibility index (Phi) is 2.78. The average molecular weight is 263 g/mol. The first-order valence-electron chi connectivity index (χ1n) is 6.19. The van der Waals surface area contributed by atoms with E-state index in [1.54, 1.807) is 12.1 Å². The maximum atomic E-state index is 9.56. The Bertz CT molecular complexity index is 591. The molecule has 0 bridgehead atoms. The van der Waals surface area contributed by atoms with Crippen LogP contribution in [-0.4, -0.2) is 14.7 Å². The molecule has 0 amide bonds. The lowest BCUT2D eigenvalue weighted by molar-refractivity contribution is 0.419. The van der Waals surface area contributed by atoms with Crippen LogP contribution in [0.4, 0.5) is 0 Å². The lowest BCUT2D eigenvalue weighted by Crippen LogP contribution is -2.17. The number of phenols is 1. The number of rotatable bonds is 1. The second-order valence-corrected chi connectivity index (χ2v) is 5.33. The molecule has 1 aliphatic heterocycles. The highest BCUT2D eigenvalue weighted by molar-refractivity contribution is 6.30. The van der Waals surface area contributed by atoms with E-state index < -0.39 is 0 Å². The Morgan fingerprint density at radius 2 is 2.28 bits per heavy atom. The second kappa shape index (κ2) is 4.32. The molecule has 0 spiro atoms. The van der Waals surface area contributed by atoms with Gasteiger partial charge in [-0.15, -0.1) is 0 Å². The molecule has 94 valence electrons. The van der Waals surface area contributed by atoms with Crippen molar-refractivity contribution in [3.05, 3.63) is 35.1 Å². The third-order valence-electron chi connectivity index (χ3n) is 3.52. The van der Waals surface area contributed by atoms with E-state index in [9.17, 15) is 5.11 Å². The van der Waals surface area contributed by atoms with Crippen LogP contribution in [0.1, 0.15) is 19.0 Å². The molecular formula is C14H15ClN2O. The number of halogens is 1. The van der Waals surface area contributed by atoms with Gasteiger partial charge in [0.2, 0.25) is 0 Å². The van der Waals surface area contributed by atoms with Crippen molar-refractivity contribution in [2.45, 2.75) is 26.3 Å². The van der Waals surface area contributed by atoms with Gasteiger partial charge in [-0.3, -0.25) is 0 Å². The number of phenolic OH excluding ortho intramolecular Hbond substituents is 1. The van der Waals surface area contributed by atoms with E-state index in [0.717, 1.165) is 36.5 Å². The summed E-state index contributed by atoms with van der Waals surface area (Å²) in [6.07, 6.45) is 2.12. The van der Waals surface area contributed by atoms with Gasteiger partial charge < -0.3 is 9.67 Å². The van der Waals surface area contributed by atoms with Crippen molar-refractivity contribution in [2.24, 2.45) is 5.92 Å². The van der Waals surface area contributed by atoms with Gasteiger partial charge >= 0.3 is 0 Å². The number of fused-ring (bicyclic) bond motifs is 1. The minimum atomic E-state index is 0.255. The van der Waals surface area contributed by atoms with Crippen LogP contribution in [0.3, 0.4) is 0 Å². The lowest BCUT2D eigenvalue weighted by Gasteiger charge is -2.22. The van der Waals surface area contributed by atoms with Gasteiger partial charge in [-0.25, -0.2) is 4.98 Å². The van der Waals surface area contributed by atoms with Gasteiger partial charge in [0, 0.05) is 12.1 Å². The highest BCUT2D eigenvalue weighted by atomic mass is 35.5. The Balaban J connectivity index is 2.11. The maximum Gasteiger partial charge on any atom is 0.150 e. The van der Waals surface area contributed by atoms with Gasteiger partial charge in [-0.05, 0) is 30.9 Å². The van der Waals surface area contributed by atoms with Gasteiger partial charge in [0.15, 0.2) is 5.15 Å². The molecule has 0 saturated heterocycles. The summed E-state index contributed by atoms with van der Waals surface area (Å²) in [5.41, 5.74) is 2.03. The van der Waals surface area contributed by atoms with E-state index in [4.69, 9.17) is 11.6 Å². The van der Waals surface area contributed by atoms with Gasteiger partial charge in [0.05, 0.1) is 5.69 Å². The number of benzene rings is 1. The third-order valence-corrected chi connectivity index (χ3v) is 3.82. The zero-order valence-corrected chi connectivity index (χ0v) is 11.0. The Morgan fingerprint density at radius 1 is 1.44 bits per heavy atom. The summed E-state index contributed by atoms with van der Waals surface area (Å²) in [5, 5.41) is 10.2. The van der Waals surface area contributed by atoms with Crippen molar-refractivity contribution < 1.29 is 5.11 Å². The van der Waals surface area contributed by atoms with Crippen molar-refractivity contribution in [3.63, 3.8) is 0 Å². The summed E-state index contributed by atoms with van der Waals surface area (Å²) < 4.78 is 2.18. The molecule has 3 rings (SSSR count). The van der Waals surface area contributed by atoms with Crippen LogP contribution in [0.5, 0.6) is 5.75 Å². The van der Waals surface area contributed by atoms with Crippen molar-refractivity contribution >= 4 is 11.6 Å². The molecule has 1 aliphatic rings. The SMILES string of the molecule is CC1CCn2c(-c3cccc(O)c3)nc(Cl)c2C1. The minimum Gasteiger partial charge on any atom is -0.508 e. The smallest absolute Gasteiger partial charge is 0.150 e. The van der Waals surface area contributed by atoms with Crippen molar-refractivity contribution in [1.29, 1.82) is 0 Å². The minimum absolute atomic E-state index is 0.255. The van der Waals surface area contributed by atoms with Crippen LogP contribution >= 0.6 is 11.6 Å². The molecule has 0 fully saturated rings. The summed E-state index contributed by atoms with van der Waals surface area (Å²) in [7, 11) is 0. The molecule has 1 unspecified atom stereocenters. The predicted octanol–water partition coefficient (Wildman–Crippen LogP) is 3.49. The summed E-state index contributed by atoms with van der Waals surface area (Å²) in [6.45, 7) is 3.18. The molecule has 2 heterocycles. The molecule has 2 aromatic rings. The van der Waals surface area contributed by atoms with Crippen molar-refractivity contribution in [2.75, 3.05) is 0 Å². The topological polar surface area (TPSA) is 38.0 Å². The van der Waals surface area contributed by atoms with Crippen LogP contribution in [0, 0.1) is 5.92 Å². The molecule has 0 radical (unpaired) electrons. The molecule has 1 atom stereocenters. The number of hydrogen-bond acceptors (Lipinski definition) is 2. The first-order valence-corrected chi connectivity index (χ1v) is 6.57. The fourth-order valence-electron chi connectivity index (χ4n) is 2.54. The number of nitrogens with zero attached hydrogens (tertiary/aromatic N) is 2. The zero-order valence-electron chi connectivity index (χ0n) is 10.2. The van der Waals surface area contributed by atoms with Gasteiger partial charge in [-0.1, -0.05) is 30.7 Å². The average Bonchev–Trinajstić information content (AvgIpc) is 2.67. The maximum absolute atomic E-state index is 9.56. The largest absolute Gasteiger partial charge is 0.508 e. The van der Waals surface area contributed by atoms with Gasteiger partial charge in [0.25, 0.3) is 0 Å². The zero-order chi connectivity index (χ0) is 12.7. The molecular weight excluding hydrogens is 248 g/mol. The van der Waals surface area contributed by atoms with E-state index in [1.165, 1.54) is 0 Å². The molecule has 0 saturated carbocycles. The standard InChI is InChI=1S/C14H15ClN2O/c1-9-5-6-17-12(7-9)13(15)16-14(17)10-3-2-4-11(18)8-10/h2-4,8-9,18H,5-7H2,1H3. The van der Waals surface area contributed by atoms with Gasteiger partial charge in [0.1, 0.15) is 11.6 Å². The predicted molar refractivity (Wildman–Crippen MR) is 71.8 cm³/mol. The van der Waals surface area contributed by atoms with Crippen LogP contribution in [0.25, 0.3) is 11.4 Å². The van der Waals surface area contributed by atoms with E-state index >= 15 is 0 Å². The monoisotopic (exact) mass is 262 g/mol. The summed E-state index contributed by atoms with van der Waals surface area (Å²) in [6, 6.07) is 7.16. The van der Waals surface area contributed by atoms with Crippen LogP contribution < -0.4 is 0 Å². The summed E-state index contributed by atoms with van der Waals surface area (Å²) >= 11 is 6.22. The molecule has 1 aromatic heterocycles. The van der Waals surface area contributed by atoms with E-state index in [2.05, 4.69) is 16.5 Å². The Morgan fingerprint density at radius 3 is 3.06 bits per heavy atom. The van der Waals surface area contributed by atoms with E-state index in [0.29, 0.717) is 11.1 Å². The Hall–Kier alpha value is -1.48. The molecule has 1 N–H and O–H groups in total. The lowest BCUT2D eigenvalue weighted by atomic mass is 9.98. The van der Waals surface area contributed by atoms with Gasteiger partial charge in [-0.2, -0.15) is 0 Å². The highest BCUT2D eigenvalue weighted by Gasteiger charge is 2.23. The number of imidazole rings is 1. The number of aromatic nitrogens is 2. The number of aromatic hydroxyl groups is 1. The van der Waals surface area contributed by atoms with E-state index in [1.807, 2.05) is 12.1 Å². The normalized spacial score (nSPS) is 18.7. The van der Waals surface area contributed by atoms with Crippen molar-refractivity contribution in [3.8, 4) is 17.1 Å². The van der Waals surface area contributed by atoms with E-state index in [-0.39, 0.29) is 5.75 Å². The number of hydrogen-bond donors (Lipinski definition) is 1. The summed E-state index contributed by atoms with van der Waals surface area (Å²) in [4.78, 5) is 4.46. The Labute approximate surface area is 111 Å². The molecule has 0 aliphatic carbocycles. The van der Waals surface area contributed by atoms with Crippen molar-refractivity contribution in [1.82, 2.24) is 9.55 Å². The fourth-order valence-corrected chi connectivity index (χ4v) is 2.80. The van der Waals surface area contributed by atoms with Crippen LogP contribution in [0.2, 0.25) is 5.15 Å². The first kappa shape index (κ1) is 11.6. The molecule has 4 heteroatoms. The molecule has 3 nitrogen and oxygen atoms in total.